The monoisotopic (exact) mass is 291 g/mol. The molecular formula is C12H25N3O3S. The summed E-state index contributed by atoms with van der Waals surface area (Å²) in [5, 5.41) is 0. The first-order valence-electron chi connectivity index (χ1n) is 6.97. The van der Waals surface area contributed by atoms with Gasteiger partial charge in [-0.3, -0.25) is 0 Å². The molecule has 7 heteroatoms. The SMILES string of the molecule is CC1CN(S(=O)(=O)N2CCC(C)C(N)C2)CC(C)O1. The third-order valence-corrected chi connectivity index (χ3v) is 5.95. The van der Waals surface area contributed by atoms with E-state index in [0.717, 1.165) is 6.42 Å². The quantitative estimate of drug-likeness (QED) is 0.777. The summed E-state index contributed by atoms with van der Waals surface area (Å²) in [6, 6.07) is -0.0700. The Morgan fingerprint density at radius 3 is 2.16 bits per heavy atom. The summed E-state index contributed by atoms with van der Waals surface area (Å²) in [5.74, 6) is 0.383. The second kappa shape index (κ2) is 5.65. The molecule has 112 valence electrons. The lowest BCUT2D eigenvalue weighted by Crippen LogP contribution is -2.57. The Kier molecular flexibility index (Phi) is 4.52. The van der Waals surface area contributed by atoms with Crippen LogP contribution in [0, 0.1) is 5.92 Å². The van der Waals surface area contributed by atoms with E-state index in [-0.39, 0.29) is 18.2 Å². The van der Waals surface area contributed by atoms with E-state index in [1.807, 2.05) is 13.8 Å². The maximum Gasteiger partial charge on any atom is 0.282 e. The second-order valence-corrected chi connectivity index (χ2v) is 7.80. The van der Waals surface area contributed by atoms with E-state index in [0.29, 0.717) is 32.1 Å². The van der Waals surface area contributed by atoms with E-state index in [2.05, 4.69) is 6.92 Å². The van der Waals surface area contributed by atoms with Crippen molar-refractivity contribution in [1.29, 1.82) is 0 Å². The molecule has 0 bridgehead atoms. The van der Waals surface area contributed by atoms with Crippen molar-refractivity contribution in [2.75, 3.05) is 26.2 Å². The van der Waals surface area contributed by atoms with Gasteiger partial charge in [-0.25, -0.2) is 0 Å². The molecule has 2 aliphatic heterocycles. The number of nitrogens with two attached hydrogens (primary N) is 1. The van der Waals surface area contributed by atoms with Gasteiger partial charge in [-0.2, -0.15) is 17.0 Å². The average Bonchev–Trinajstić information content (AvgIpc) is 2.31. The molecule has 0 aromatic heterocycles. The van der Waals surface area contributed by atoms with Gasteiger partial charge in [0.2, 0.25) is 0 Å². The van der Waals surface area contributed by atoms with Crippen molar-refractivity contribution in [3.05, 3.63) is 0 Å². The van der Waals surface area contributed by atoms with E-state index >= 15 is 0 Å². The molecule has 4 unspecified atom stereocenters. The molecule has 0 radical (unpaired) electrons. The smallest absolute Gasteiger partial charge is 0.282 e. The molecular weight excluding hydrogens is 266 g/mol. The molecule has 0 saturated carbocycles. The van der Waals surface area contributed by atoms with Crippen LogP contribution in [0.4, 0.5) is 0 Å². The first-order chi connectivity index (χ1) is 8.80. The van der Waals surface area contributed by atoms with E-state index in [1.54, 1.807) is 0 Å². The third-order valence-electron chi connectivity index (χ3n) is 4.02. The molecule has 0 aliphatic carbocycles. The second-order valence-electron chi connectivity index (χ2n) is 5.87. The zero-order valence-electron chi connectivity index (χ0n) is 11.9. The van der Waals surface area contributed by atoms with Gasteiger partial charge in [0.05, 0.1) is 12.2 Å². The van der Waals surface area contributed by atoms with Gasteiger partial charge in [0.25, 0.3) is 10.2 Å². The van der Waals surface area contributed by atoms with Gasteiger partial charge in [-0.05, 0) is 26.2 Å². The molecule has 0 amide bonds. The van der Waals surface area contributed by atoms with Gasteiger partial charge in [0.15, 0.2) is 0 Å². The van der Waals surface area contributed by atoms with Crippen molar-refractivity contribution in [3.8, 4) is 0 Å². The lowest BCUT2D eigenvalue weighted by atomic mass is 9.96. The minimum atomic E-state index is -3.40. The normalized spacial score (nSPS) is 39.4. The van der Waals surface area contributed by atoms with Crippen molar-refractivity contribution in [2.24, 2.45) is 11.7 Å². The summed E-state index contributed by atoms with van der Waals surface area (Å²) in [4.78, 5) is 0. The molecule has 2 rings (SSSR count). The molecule has 19 heavy (non-hydrogen) atoms. The van der Waals surface area contributed by atoms with E-state index in [9.17, 15) is 8.42 Å². The summed E-state index contributed by atoms with van der Waals surface area (Å²) in [7, 11) is -3.40. The molecule has 2 N–H and O–H groups in total. The van der Waals surface area contributed by atoms with Crippen LogP contribution in [0.3, 0.4) is 0 Å². The zero-order valence-corrected chi connectivity index (χ0v) is 12.8. The summed E-state index contributed by atoms with van der Waals surface area (Å²) in [6.45, 7) is 7.72. The molecule has 4 atom stereocenters. The highest BCUT2D eigenvalue weighted by molar-refractivity contribution is 7.86. The Hall–Kier alpha value is -0.210. The van der Waals surface area contributed by atoms with Crippen LogP contribution in [-0.2, 0) is 14.9 Å². The molecule has 0 spiro atoms. The largest absolute Gasteiger partial charge is 0.373 e. The van der Waals surface area contributed by atoms with Gasteiger partial charge in [0, 0.05) is 32.2 Å². The summed E-state index contributed by atoms with van der Waals surface area (Å²) in [6.07, 6.45) is 0.711. The number of nitrogens with zero attached hydrogens (tertiary/aromatic N) is 2. The van der Waals surface area contributed by atoms with E-state index in [4.69, 9.17) is 10.5 Å². The van der Waals surface area contributed by atoms with Crippen LogP contribution in [0.5, 0.6) is 0 Å². The fourth-order valence-electron chi connectivity index (χ4n) is 2.76. The van der Waals surface area contributed by atoms with Crippen LogP contribution >= 0.6 is 0 Å². The molecule has 0 aromatic rings. The Morgan fingerprint density at radius 1 is 1.05 bits per heavy atom. The maximum atomic E-state index is 12.6. The van der Waals surface area contributed by atoms with Crippen LogP contribution < -0.4 is 5.73 Å². The fourth-order valence-corrected chi connectivity index (χ4v) is 4.58. The van der Waals surface area contributed by atoms with Gasteiger partial charge in [-0.15, -0.1) is 0 Å². The maximum absolute atomic E-state index is 12.6. The van der Waals surface area contributed by atoms with Gasteiger partial charge >= 0.3 is 0 Å². The Bertz CT molecular complexity index is 404. The first kappa shape index (κ1) is 15.2. The van der Waals surface area contributed by atoms with Crippen LogP contribution in [0.1, 0.15) is 27.2 Å². The van der Waals surface area contributed by atoms with Crippen molar-refractivity contribution in [1.82, 2.24) is 8.61 Å². The van der Waals surface area contributed by atoms with Gasteiger partial charge in [-0.1, -0.05) is 6.92 Å². The highest BCUT2D eigenvalue weighted by atomic mass is 32.2. The topological polar surface area (TPSA) is 75.9 Å². The standard InChI is InChI=1S/C12H25N3O3S/c1-9-4-5-14(8-12(9)13)19(16,17)15-6-10(2)18-11(3)7-15/h9-12H,4-8,13H2,1-3H3. The number of hydrogen-bond acceptors (Lipinski definition) is 4. The van der Waals surface area contributed by atoms with E-state index < -0.39 is 10.2 Å². The minimum absolute atomic E-state index is 0.0593. The number of morpholine rings is 1. The van der Waals surface area contributed by atoms with Crippen molar-refractivity contribution >= 4 is 10.2 Å². The molecule has 0 aromatic carbocycles. The Morgan fingerprint density at radius 2 is 1.63 bits per heavy atom. The molecule has 6 nitrogen and oxygen atoms in total. The third kappa shape index (κ3) is 3.28. The minimum Gasteiger partial charge on any atom is -0.373 e. The predicted octanol–water partition coefficient (Wildman–Crippen LogP) is 0.00950. The van der Waals surface area contributed by atoms with Crippen LogP contribution in [0.2, 0.25) is 0 Å². The molecule has 2 aliphatic rings. The van der Waals surface area contributed by atoms with Crippen LogP contribution in [0.25, 0.3) is 0 Å². The number of rotatable bonds is 2. The van der Waals surface area contributed by atoms with Crippen molar-refractivity contribution in [2.45, 2.75) is 45.4 Å². The summed E-state index contributed by atoms with van der Waals surface area (Å²) >= 11 is 0. The first-order valence-corrected chi connectivity index (χ1v) is 8.36. The summed E-state index contributed by atoms with van der Waals surface area (Å²) < 4.78 is 33.9. The summed E-state index contributed by atoms with van der Waals surface area (Å²) in [5.41, 5.74) is 6.00. The number of ether oxygens (including phenoxy) is 1. The Balaban J connectivity index is 2.09. The number of hydrogen-bond donors (Lipinski definition) is 1. The predicted molar refractivity (Wildman–Crippen MR) is 73.8 cm³/mol. The molecule has 2 heterocycles. The highest BCUT2D eigenvalue weighted by Gasteiger charge is 2.38. The average molecular weight is 291 g/mol. The van der Waals surface area contributed by atoms with Crippen molar-refractivity contribution in [3.63, 3.8) is 0 Å². The molecule has 2 fully saturated rings. The van der Waals surface area contributed by atoms with Crippen molar-refractivity contribution < 1.29 is 13.2 Å². The fraction of sp³-hybridized carbons (Fsp3) is 1.00. The lowest BCUT2D eigenvalue weighted by Gasteiger charge is -2.40. The molecule has 2 saturated heterocycles. The van der Waals surface area contributed by atoms with Gasteiger partial charge in [0.1, 0.15) is 0 Å². The highest BCUT2D eigenvalue weighted by Crippen LogP contribution is 2.22. The van der Waals surface area contributed by atoms with Crippen LogP contribution in [-0.4, -0.2) is 61.5 Å². The number of piperidine rings is 1. The van der Waals surface area contributed by atoms with Gasteiger partial charge < -0.3 is 10.5 Å². The Labute approximate surface area is 116 Å². The van der Waals surface area contributed by atoms with E-state index in [1.165, 1.54) is 8.61 Å². The lowest BCUT2D eigenvalue weighted by molar-refractivity contribution is -0.0457. The van der Waals surface area contributed by atoms with Crippen LogP contribution in [0.15, 0.2) is 0 Å². The zero-order chi connectivity index (χ0) is 14.2.